The van der Waals surface area contributed by atoms with Gasteiger partial charge >= 0.3 is 17.9 Å². The van der Waals surface area contributed by atoms with Crippen molar-refractivity contribution in [3.63, 3.8) is 0 Å². The maximum atomic E-state index is 11.7. The molecule has 29 heavy (non-hydrogen) atoms. The van der Waals surface area contributed by atoms with Gasteiger partial charge in [0.1, 0.15) is 24.5 Å². The third-order valence-corrected chi connectivity index (χ3v) is 4.17. The van der Waals surface area contributed by atoms with Crippen LogP contribution in [0.4, 0.5) is 0 Å². The number of carbonyl (C=O) groups is 3. The fourth-order valence-electron chi connectivity index (χ4n) is 2.86. The molecule has 1 aromatic carbocycles. The van der Waals surface area contributed by atoms with Gasteiger partial charge in [-0.15, -0.1) is 0 Å². The number of nitrogens with zero attached hydrogens (tertiary/aromatic N) is 1. The summed E-state index contributed by atoms with van der Waals surface area (Å²) < 4.78 is 27.3. The highest BCUT2D eigenvalue weighted by Gasteiger charge is 2.51. The Labute approximate surface area is 172 Å². The number of benzene rings is 1. The van der Waals surface area contributed by atoms with Crippen LogP contribution in [0.5, 0.6) is 5.75 Å². The highest BCUT2D eigenvalue weighted by molar-refractivity contribution is 6.30. The van der Waals surface area contributed by atoms with Crippen molar-refractivity contribution >= 4 is 36.2 Å². The molecule has 1 saturated heterocycles. The van der Waals surface area contributed by atoms with Gasteiger partial charge in [0.2, 0.25) is 6.29 Å². The normalized spacial score (nSPS) is 26.1. The summed E-state index contributed by atoms with van der Waals surface area (Å²) in [5.74, 6) is -1.44. The van der Waals surface area contributed by atoms with Gasteiger partial charge in [0, 0.05) is 25.8 Å². The Bertz CT molecular complexity index is 770. The van der Waals surface area contributed by atoms with E-state index < -0.39 is 48.6 Å². The number of hydrogen-bond donors (Lipinski definition) is 0. The van der Waals surface area contributed by atoms with Crippen LogP contribution in [-0.4, -0.2) is 61.9 Å². The lowest BCUT2D eigenvalue weighted by Gasteiger charge is -2.43. The zero-order chi connectivity index (χ0) is 21.6. The lowest BCUT2D eigenvalue weighted by Crippen LogP contribution is -2.61. The summed E-state index contributed by atoms with van der Waals surface area (Å²) in [6.45, 7) is 6.93. The molecule has 0 aromatic heterocycles. The van der Waals surface area contributed by atoms with Crippen LogP contribution >= 0.6 is 11.6 Å². The summed E-state index contributed by atoms with van der Waals surface area (Å²) in [5, 5.41) is 0.426. The van der Waals surface area contributed by atoms with Gasteiger partial charge in [0.15, 0.2) is 12.2 Å². The van der Waals surface area contributed by atoms with Crippen LogP contribution < -0.4 is 4.74 Å². The van der Waals surface area contributed by atoms with E-state index in [0.717, 1.165) is 0 Å². The van der Waals surface area contributed by atoms with Crippen molar-refractivity contribution < 1.29 is 38.1 Å². The van der Waals surface area contributed by atoms with Crippen LogP contribution in [-0.2, 0) is 33.3 Å². The SMILES string of the molecule is C=NC1C(OC(C)=O)[C@@H](Oc2cccc(Cl)c2)OC(COC(C)=O)[C@@H]1OC(C)=O. The molecule has 1 aliphatic heterocycles. The predicted molar refractivity (Wildman–Crippen MR) is 102 cm³/mol. The summed E-state index contributed by atoms with van der Waals surface area (Å²) in [5.41, 5.74) is 0. The zero-order valence-electron chi connectivity index (χ0n) is 16.2. The molecule has 10 heteroatoms. The molecular formula is C19H22ClNO8. The van der Waals surface area contributed by atoms with Crippen LogP contribution in [0.15, 0.2) is 29.3 Å². The Kier molecular flexibility index (Phi) is 7.98. The molecule has 158 valence electrons. The molecule has 0 spiro atoms. The maximum Gasteiger partial charge on any atom is 0.303 e. The topological polar surface area (TPSA) is 110 Å². The van der Waals surface area contributed by atoms with Gasteiger partial charge < -0.3 is 23.7 Å². The van der Waals surface area contributed by atoms with Crippen molar-refractivity contribution in [3.05, 3.63) is 29.3 Å². The first-order chi connectivity index (χ1) is 13.7. The maximum absolute atomic E-state index is 11.7. The molecule has 0 amide bonds. The Morgan fingerprint density at radius 2 is 1.76 bits per heavy atom. The first-order valence-electron chi connectivity index (χ1n) is 8.72. The molecule has 0 N–H and O–H groups in total. The average Bonchev–Trinajstić information content (AvgIpc) is 2.62. The first-order valence-corrected chi connectivity index (χ1v) is 9.10. The second kappa shape index (κ2) is 10.2. The Morgan fingerprint density at radius 3 is 2.31 bits per heavy atom. The number of carbonyl (C=O) groups excluding carboxylic acids is 3. The highest BCUT2D eigenvalue weighted by atomic mass is 35.5. The van der Waals surface area contributed by atoms with E-state index in [9.17, 15) is 14.4 Å². The average molecular weight is 428 g/mol. The van der Waals surface area contributed by atoms with Gasteiger partial charge in [-0.25, -0.2) is 0 Å². The fraction of sp³-hybridized carbons (Fsp3) is 0.474. The Balaban J connectivity index is 2.37. The van der Waals surface area contributed by atoms with E-state index in [4.69, 9.17) is 35.3 Å². The molecule has 2 rings (SSSR count). The van der Waals surface area contributed by atoms with E-state index in [1.54, 1.807) is 24.3 Å². The summed E-state index contributed by atoms with van der Waals surface area (Å²) in [4.78, 5) is 38.5. The third kappa shape index (κ3) is 6.43. The number of hydrogen-bond acceptors (Lipinski definition) is 9. The van der Waals surface area contributed by atoms with Crippen LogP contribution in [0.2, 0.25) is 5.02 Å². The van der Waals surface area contributed by atoms with E-state index >= 15 is 0 Å². The number of esters is 3. The van der Waals surface area contributed by atoms with Gasteiger partial charge in [-0.1, -0.05) is 17.7 Å². The van der Waals surface area contributed by atoms with Crippen LogP contribution in [0.1, 0.15) is 20.8 Å². The lowest BCUT2D eigenvalue weighted by atomic mass is 9.96. The summed E-state index contributed by atoms with van der Waals surface area (Å²) >= 11 is 5.98. The minimum absolute atomic E-state index is 0.235. The molecule has 1 aliphatic rings. The van der Waals surface area contributed by atoms with Crippen molar-refractivity contribution in [1.29, 1.82) is 0 Å². The molecule has 1 fully saturated rings. The number of ether oxygens (including phenoxy) is 5. The van der Waals surface area contributed by atoms with Gasteiger partial charge in [0.25, 0.3) is 0 Å². The molecule has 0 aliphatic carbocycles. The molecule has 9 nitrogen and oxygen atoms in total. The van der Waals surface area contributed by atoms with Crippen molar-refractivity contribution in [3.8, 4) is 5.75 Å². The molecule has 0 bridgehead atoms. The van der Waals surface area contributed by atoms with Crippen molar-refractivity contribution in [1.82, 2.24) is 0 Å². The quantitative estimate of drug-likeness (QED) is 0.369. The van der Waals surface area contributed by atoms with Crippen molar-refractivity contribution in [2.24, 2.45) is 4.99 Å². The number of aliphatic imine (C=N–C) groups is 1. The zero-order valence-corrected chi connectivity index (χ0v) is 17.0. The largest absolute Gasteiger partial charge is 0.463 e. The summed E-state index contributed by atoms with van der Waals surface area (Å²) in [7, 11) is 0. The van der Waals surface area contributed by atoms with Gasteiger partial charge in [-0.2, -0.15) is 0 Å². The Hall–Kier alpha value is -2.65. The van der Waals surface area contributed by atoms with Crippen LogP contribution in [0.3, 0.4) is 0 Å². The Morgan fingerprint density at radius 1 is 1.10 bits per heavy atom. The molecule has 0 radical (unpaired) electrons. The number of halogens is 1. The highest BCUT2D eigenvalue weighted by Crippen LogP contribution is 2.31. The molecule has 3 unspecified atom stereocenters. The fourth-order valence-corrected chi connectivity index (χ4v) is 3.04. The minimum atomic E-state index is -1.15. The van der Waals surface area contributed by atoms with Crippen LogP contribution in [0.25, 0.3) is 0 Å². The lowest BCUT2D eigenvalue weighted by molar-refractivity contribution is -0.258. The second-order valence-corrected chi connectivity index (χ2v) is 6.68. The smallest absolute Gasteiger partial charge is 0.303 e. The third-order valence-electron chi connectivity index (χ3n) is 3.93. The van der Waals surface area contributed by atoms with Crippen molar-refractivity contribution in [2.45, 2.75) is 51.4 Å². The summed E-state index contributed by atoms with van der Waals surface area (Å²) in [6.07, 6.45) is -4.19. The first kappa shape index (κ1) is 22.6. The molecule has 1 aromatic rings. The van der Waals surface area contributed by atoms with E-state index in [2.05, 4.69) is 11.7 Å². The van der Waals surface area contributed by atoms with E-state index in [0.29, 0.717) is 10.8 Å². The van der Waals surface area contributed by atoms with Gasteiger partial charge in [0.05, 0.1) is 0 Å². The molecule has 1 heterocycles. The van der Waals surface area contributed by atoms with E-state index in [1.807, 2.05) is 0 Å². The molecule has 5 atom stereocenters. The van der Waals surface area contributed by atoms with Gasteiger partial charge in [-0.3, -0.25) is 19.4 Å². The molecular weight excluding hydrogens is 406 g/mol. The van der Waals surface area contributed by atoms with E-state index in [1.165, 1.54) is 20.8 Å². The second-order valence-electron chi connectivity index (χ2n) is 6.24. The molecule has 0 saturated carbocycles. The van der Waals surface area contributed by atoms with E-state index in [-0.39, 0.29) is 6.61 Å². The standard InChI is InChI=1S/C19H22ClNO8/c1-10(22)25-9-15-17(26-11(2)23)16(21-4)18(27-12(3)24)19(29-15)28-14-7-5-6-13(20)8-14/h5-8,15-19H,4,9H2,1-3H3/t15?,16?,17-,18?,19-/m0/s1. The van der Waals surface area contributed by atoms with Crippen LogP contribution in [0, 0.1) is 0 Å². The van der Waals surface area contributed by atoms with Crippen molar-refractivity contribution in [2.75, 3.05) is 6.61 Å². The van der Waals surface area contributed by atoms with Gasteiger partial charge in [-0.05, 0) is 24.9 Å². The number of rotatable bonds is 7. The minimum Gasteiger partial charge on any atom is -0.463 e. The predicted octanol–water partition coefficient (Wildman–Crippen LogP) is 1.94. The summed E-state index contributed by atoms with van der Waals surface area (Å²) in [6, 6.07) is 5.58. The monoisotopic (exact) mass is 427 g/mol.